The number of carbonyl (C=O) groups is 1. The fraction of sp³-hybridized carbons (Fsp3) is 0.364. The molecular formula is C11H14BrFN2O2. The van der Waals surface area contributed by atoms with Crippen molar-refractivity contribution in [2.45, 2.75) is 13.0 Å². The number of amides is 1. The van der Waals surface area contributed by atoms with Gasteiger partial charge in [-0.2, -0.15) is 0 Å². The Labute approximate surface area is 107 Å². The van der Waals surface area contributed by atoms with E-state index in [-0.39, 0.29) is 11.7 Å². The molecule has 0 aliphatic carbocycles. The first-order valence-corrected chi connectivity index (χ1v) is 5.93. The Kier molecular flexibility index (Phi) is 5.37. The van der Waals surface area contributed by atoms with Crippen molar-refractivity contribution in [3.63, 3.8) is 0 Å². The van der Waals surface area contributed by atoms with Gasteiger partial charge in [0, 0.05) is 13.1 Å². The zero-order chi connectivity index (χ0) is 12.8. The Bertz CT molecular complexity index is 401. The first kappa shape index (κ1) is 13.9. The van der Waals surface area contributed by atoms with Crippen molar-refractivity contribution in [2.75, 3.05) is 13.1 Å². The van der Waals surface area contributed by atoms with E-state index >= 15 is 0 Å². The van der Waals surface area contributed by atoms with Crippen LogP contribution < -0.4 is 15.8 Å². The predicted octanol–water partition coefficient (Wildman–Crippen LogP) is 1.43. The summed E-state index contributed by atoms with van der Waals surface area (Å²) in [6, 6.07) is 4.01. The summed E-state index contributed by atoms with van der Waals surface area (Å²) in [7, 11) is 0. The van der Waals surface area contributed by atoms with E-state index in [0.717, 1.165) is 0 Å². The largest absolute Gasteiger partial charge is 0.480 e. The molecule has 1 aromatic rings. The van der Waals surface area contributed by atoms with Gasteiger partial charge >= 0.3 is 0 Å². The fourth-order valence-electron chi connectivity index (χ4n) is 1.15. The topological polar surface area (TPSA) is 64.3 Å². The number of hydrogen-bond acceptors (Lipinski definition) is 3. The Morgan fingerprint density at radius 1 is 1.65 bits per heavy atom. The summed E-state index contributed by atoms with van der Waals surface area (Å²) in [4.78, 5) is 11.5. The average Bonchev–Trinajstić information content (AvgIpc) is 2.29. The zero-order valence-corrected chi connectivity index (χ0v) is 11.0. The molecule has 0 radical (unpaired) electrons. The third-order valence-corrected chi connectivity index (χ3v) is 2.63. The van der Waals surface area contributed by atoms with Crippen molar-refractivity contribution in [1.82, 2.24) is 5.32 Å². The molecule has 0 bridgehead atoms. The highest BCUT2D eigenvalue weighted by atomic mass is 79.9. The number of benzene rings is 1. The van der Waals surface area contributed by atoms with Gasteiger partial charge in [-0.3, -0.25) is 4.79 Å². The van der Waals surface area contributed by atoms with Crippen molar-refractivity contribution >= 4 is 21.8 Å². The normalized spacial score (nSPS) is 12.0. The summed E-state index contributed by atoms with van der Waals surface area (Å²) in [5, 5.41) is 2.60. The van der Waals surface area contributed by atoms with Gasteiger partial charge in [-0.05, 0) is 41.1 Å². The number of halogens is 2. The molecule has 0 aromatic heterocycles. The average molecular weight is 305 g/mol. The summed E-state index contributed by atoms with van der Waals surface area (Å²) in [5.74, 6) is -0.210. The molecule has 17 heavy (non-hydrogen) atoms. The van der Waals surface area contributed by atoms with E-state index in [9.17, 15) is 9.18 Å². The second kappa shape index (κ2) is 6.56. The number of nitrogens with two attached hydrogens (primary N) is 1. The van der Waals surface area contributed by atoms with Gasteiger partial charge in [0.05, 0.1) is 4.47 Å². The van der Waals surface area contributed by atoms with E-state index in [1.807, 2.05) is 0 Å². The first-order chi connectivity index (χ1) is 8.04. The highest BCUT2D eigenvalue weighted by Crippen LogP contribution is 2.26. The van der Waals surface area contributed by atoms with Crippen LogP contribution in [-0.2, 0) is 4.79 Å². The molecule has 1 amide bonds. The lowest BCUT2D eigenvalue weighted by Gasteiger charge is -2.15. The highest BCUT2D eigenvalue weighted by molar-refractivity contribution is 9.10. The van der Waals surface area contributed by atoms with Crippen LogP contribution in [0, 0.1) is 5.82 Å². The Morgan fingerprint density at radius 2 is 2.35 bits per heavy atom. The molecule has 0 saturated heterocycles. The van der Waals surface area contributed by atoms with E-state index in [0.29, 0.717) is 23.3 Å². The molecule has 0 saturated carbocycles. The monoisotopic (exact) mass is 304 g/mol. The summed E-state index contributed by atoms with van der Waals surface area (Å²) in [6.45, 7) is 2.39. The van der Waals surface area contributed by atoms with Crippen molar-refractivity contribution in [3.05, 3.63) is 28.5 Å². The Hall–Kier alpha value is -1.14. The number of nitrogens with one attached hydrogen (secondary N) is 1. The number of carbonyl (C=O) groups excluding carboxylic acids is 1. The lowest BCUT2D eigenvalue weighted by atomic mass is 10.3. The van der Waals surface area contributed by atoms with Crippen LogP contribution in [0.4, 0.5) is 4.39 Å². The Morgan fingerprint density at radius 3 is 2.94 bits per heavy atom. The molecule has 0 spiro atoms. The molecular weight excluding hydrogens is 291 g/mol. The van der Waals surface area contributed by atoms with Gasteiger partial charge in [0.25, 0.3) is 5.91 Å². The highest BCUT2D eigenvalue weighted by Gasteiger charge is 2.15. The Balaban J connectivity index is 2.61. The second-order valence-corrected chi connectivity index (χ2v) is 4.27. The fourth-order valence-corrected chi connectivity index (χ4v) is 1.60. The molecule has 94 valence electrons. The van der Waals surface area contributed by atoms with Crippen LogP contribution in [0.15, 0.2) is 22.7 Å². The van der Waals surface area contributed by atoms with E-state index in [2.05, 4.69) is 21.2 Å². The van der Waals surface area contributed by atoms with Crippen LogP contribution in [-0.4, -0.2) is 25.1 Å². The number of hydrogen-bond donors (Lipinski definition) is 2. The lowest BCUT2D eigenvalue weighted by Crippen LogP contribution is -2.38. The van der Waals surface area contributed by atoms with Gasteiger partial charge in [0.15, 0.2) is 6.10 Å². The minimum Gasteiger partial charge on any atom is -0.480 e. The molecule has 3 N–H and O–H groups in total. The van der Waals surface area contributed by atoms with Gasteiger partial charge in [-0.15, -0.1) is 0 Å². The predicted molar refractivity (Wildman–Crippen MR) is 66.3 cm³/mol. The van der Waals surface area contributed by atoms with Crippen LogP contribution in [0.1, 0.15) is 6.92 Å². The maximum atomic E-state index is 12.8. The van der Waals surface area contributed by atoms with E-state index in [1.165, 1.54) is 18.2 Å². The van der Waals surface area contributed by atoms with Crippen LogP contribution >= 0.6 is 15.9 Å². The summed E-state index contributed by atoms with van der Waals surface area (Å²) in [6.07, 6.45) is -0.664. The third-order valence-electron chi connectivity index (χ3n) is 2.01. The van der Waals surface area contributed by atoms with Gasteiger partial charge < -0.3 is 15.8 Å². The molecule has 1 atom stereocenters. The van der Waals surface area contributed by atoms with Gasteiger partial charge in [-0.25, -0.2) is 4.39 Å². The van der Waals surface area contributed by atoms with Crippen molar-refractivity contribution in [2.24, 2.45) is 5.73 Å². The number of ether oxygens (including phenoxy) is 1. The van der Waals surface area contributed by atoms with Gasteiger partial charge in [-0.1, -0.05) is 0 Å². The van der Waals surface area contributed by atoms with Crippen LogP contribution in [0.5, 0.6) is 5.75 Å². The maximum absolute atomic E-state index is 12.8. The number of rotatable bonds is 5. The zero-order valence-electron chi connectivity index (χ0n) is 9.37. The quantitative estimate of drug-likeness (QED) is 0.865. The second-order valence-electron chi connectivity index (χ2n) is 3.41. The van der Waals surface area contributed by atoms with Crippen LogP contribution in [0.25, 0.3) is 0 Å². The molecule has 1 rings (SSSR count). The SMILES string of the molecule is CC(Oc1ccc(F)cc1Br)C(=O)NCCN. The smallest absolute Gasteiger partial charge is 0.260 e. The molecule has 6 heteroatoms. The van der Waals surface area contributed by atoms with Gasteiger partial charge in [0.2, 0.25) is 0 Å². The minimum absolute atomic E-state index is 0.258. The lowest BCUT2D eigenvalue weighted by molar-refractivity contribution is -0.127. The molecule has 4 nitrogen and oxygen atoms in total. The summed E-state index contributed by atoms with van der Waals surface area (Å²) >= 11 is 3.16. The standard InChI is InChI=1S/C11H14BrFN2O2/c1-7(11(16)15-5-4-14)17-10-3-2-8(13)6-9(10)12/h2-3,6-7H,4-5,14H2,1H3,(H,15,16). The third kappa shape index (κ3) is 4.32. The summed E-state index contributed by atoms with van der Waals surface area (Å²) < 4.78 is 18.7. The minimum atomic E-state index is -0.664. The molecule has 0 aliphatic rings. The first-order valence-electron chi connectivity index (χ1n) is 5.14. The molecule has 1 unspecified atom stereocenters. The van der Waals surface area contributed by atoms with Crippen molar-refractivity contribution in [3.8, 4) is 5.75 Å². The van der Waals surface area contributed by atoms with Crippen LogP contribution in [0.2, 0.25) is 0 Å². The van der Waals surface area contributed by atoms with E-state index in [1.54, 1.807) is 6.92 Å². The maximum Gasteiger partial charge on any atom is 0.260 e. The van der Waals surface area contributed by atoms with Crippen LogP contribution in [0.3, 0.4) is 0 Å². The van der Waals surface area contributed by atoms with E-state index in [4.69, 9.17) is 10.5 Å². The van der Waals surface area contributed by atoms with Crippen molar-refractivity contribution < 1.29 is 13.9 Å². The molecule has 0 aliphatic heterocycles. The molecule has 0 fully saturated rings. The van der Waals surface area contributed by atoms with Crippen molar-refractivity contribution in [1.29, 1.82) is 0 Å². The van der Waals surface area contributed by atoms with E-state index < -0.39 is 6.10 Å². The molecule has 0 heterocycles. The summed E-state index contributed by atoms with van der Waals surface area (Å²) in [5.41, 5.74) is 5.27. The van der Waals surface area contributed by atoms with Gasteiger partial charge in [0.1, 0.15) is 11.6 Å². The molecule has 1 aromatic carbocycles.